The first-order valence-electron chi connectivity index (χ1n) is 6.60. The smallest absolute Gasteiger partial charge is 0.257 e. The van der Waals surface area contributed by atoms with Gasteiger partial charge in [-0.3, -0.25) is 10.1 Å². The van der Waals surface area contributed by atoms with Crippen molar-refractivity contribution in [1.29, 1.82) is 0 Å². The monoisotopic (exact) mass is 323 g/mol. The maximum atomic E-state index is 12.3. The highest BCUT2D eigenvalue weighted by Gasteiger charge is 2.19. The third-order valence-electron chi connectivity index (χ3n) is 3.07. The molecule has 1 amide bonds. The predicted octanol–water partition coefficient (Wildman–Crippen LogP) is 4.36. The molecule has 0 saturated carbocycles. The number of aryl methyl sites for hydroxylation is 2. The van der Waals surface area contributed by atoms with Gasteiger partial charge < -0.3 is 0 Å². The van der Waals surface area contributed by atoms with Crippen LogP contribution < -0.4 is 5.32 Å². The third kappa shape index (κ3) is 3.80. The van der Waals surface area contributed by atoms with Gasteiger partial charge in [-0.15, -0.1) is 11.3 Å². The molecule has 2 rings (SSSR count). The number of pyridine rings is 1. The Labute approximate surface area is 133 Å². The molecule has 0 unspecified atom stereocenters. The van der Waals surface area contributed by atoms with E-state index in [1.54, 1.807) is 12.1 Å². The van der Waals surface area contributed by atoms with Crippen molar-refractivity contribution >= 4 is 34.0 Å². The highest BCUT2D eigenvalue weighted by atomic mass is 35.5. The van der Waals surface area contributed by atoms with Crippen LogP contribution in [0.1, 0.15) is 47.4 Å². The second kappa shape index (κ2) is 5.73. The van der Waals surface area contributed by atoms with E-state index in [1.165, 1.54) is 11.3 Å². The van der Waals surface area contributed by atoms with Crippen molar-refractivity contribution < 1.29 is 4.79 Å². The van der Waals surface area contributed by atoms with Crippen molar-refractivity contribution in [1.82, 2.24) is 9.97 Å². The molecule has 0 atom stereocenters. The molecule has 112 valence electrons. The fourth-order valence-electron chi connectivity index (χ4n) is 1.71. The van der Waals surface area contributed by atoms with Crippen LogP contribution in [-0.4, -0.2) is 15.9 Å². The van der Waals surface area contributed by atoms with E-state index in [9.17, 15) is 4.79 Å². The summed E-state index contributed by atoms with van der Waals surface area (Å²) < 4.78 is 0. The van der Waals surface area contributed by atoms with Gasteiger partial charge in [-0.25, -0.2) is 9.97 Å². The van der Waals surface area contributed by atoms with Gasteiger partial charge in [-0.05, 0) is 26.0 Å². The van der Waals surface area contributed by atoms with Crippen LogP contribution in [0.4, 0.5) is 5.13 Å². The molecule has 2 aromatic rings. The first-order chi connectivity index (χ1) is 9.66. The molecule has 0 aliphatic carbocycles. The zero-order valence-corrected chi connectivity index (χ0v) is 14.3. The Morgan fingerprint density at radius 3 is 2.43 bits per heavy atom. The highest BCUT2D eigenvalue weighted by Crippen LogP contribution is 2.25. The van der Waals surface area contributed by atoms with Crippen molar-refractivity contribution in [2.45, 2.75) is 40.0 Å². The van der Waals surface area contributed by atoms with Crippen LogP contribution in [0.25, 0.3) is 0 Å². The van der Waals surface area contributed by atoms with Crippen molar-refractivity contribution in [3.05, 3.63) is 39.1 Å². The van der Waals surface area contributed by atoms with E-state index in [0.29, 0.717) is 15.8 Å². The number of nitrogens with zero attached hydrogens (tertiary/aromatic N) is 2. The Morgan fingerprint density at radius 2 is 1.90 bits per heavy atom. The summed E-state index contributed by atoms with van der Waals surface area (Å²) >= 11 is 7.49. The average molecular weight is 324 g/mol. The van der Waals surface area contributed by atoms with Crippen LogP contribution in [0.15, 0.2) is 12.1 Å². The normalized spacial score (nSPS) is 11.5. The molecule has 4 nitrogen and oxygen atoms in total. The molecular weight excluding hydrogens is 306 g/mol. The molecule has 0 fully saturated rings. The largest absolute Gasteiger partial charge is 0.298 e. The fourth-order valence-corrected chi connectivity index (χ4v) is 2.73. The van der Waals surface area contributed by atoms with Gasteiger partial charge in [0.2, 0.25) is 0 Å². The maximum absolute atomic E-state index is 12.3. The minimum Gasteiger partial charge on any atom is -0.298 e. The highest BCUT2D eigenvalue weighted by molar-refractivity contribution is 7.15. The quantitative estimate of drug-likeness (QED) is 0.835. The van der Waals surface area contributed by atoms with Crippen LogP contribution in [0.2, 0.25) is 5.15 Å². The SMILES string of the molecule is Cc1nc(NC(=O)c2cc(Cl)nc(C(C)(C)C)c2)sc1C. The number of nitrogens with one attached hydrogen (secondary N) is 1. The number of hydrogen-bond acceptors (Lipinski definition) is 4. The van der Waals surface area contributed by atoms with Gasteiger partial charge in [0.05, 0.1) is 5.69 Å². The Bertz CT molecular complexity index is 669. The molecule has 0 aliphatic heterocycles. The zero-order chi connectivity index (χ0) is 15.8. The Morgan fingerprint density at radius 1 is 1.24 bits per heavy atom. The summed E-state index contributed by atoms with van der Waals surface area (Å²) in [7, 11) is 0. The van der Waals surface area contributed by atoms with Crippen molar-refractivity contribution in [3.63, 3.8) is 0 Å². The van der Waals surface area contributed by atoms with Crippen LogP contribution >= 0.6 is 22.9 Å². The van der Waals surface area contributed by atoms with Crippen LogP contribution in [0.3, 0.4) is 0 Å². The van der Waals surface area contributed by atoms with E-state index >= 15 is 0 Å². The number of halogens is 1. The zero-order valence-electron chi connectivity index (χ0n) is 12.7. The fraction of sp³-hybridized carbons (Fsp3) is 0.400. The summed E-state index contributed by atoms with van der Waals surface area (Å²) in [6.07, 6.45) is 0. The number of carbonyl (C=O) groups excluding carboxylic acids is 1. The van der Waals surface area contributed by atoms with Gasteiger partial charge in [0.25, 0.3) is 5.91 Å². The van der Waals surface area contributed by atoms with E-state index in [0.717, 1.165) is 16.3 Å². The Balaban J connectivity index is 2.29. The van der Waals surface area contributed by atoms with Gasteiger partial charge in [0.15, 0.2) is 5.13 Å². The van der Waals surface area contributed by atoms with E-state index in [2.05, 4.69) is 15.3 Å². The first-order valence-corrected chi connectivity index (χ1v) is 7.79. The molecule has 0 radical (unpaired) electrons. The van der Waals surface area contributed by atoms with Gasteiger partial charge in [-0.2, -0.15) is 0 Å². The summed E-state index contributed by atoms with van der Waals surface area (Å²) in [5.74, 6) is -0.224. The summed E-state index contributed by atoms with van der Waals surface area (Å²) in [6.45, 7) is 9.98. The summed E-state index contributed by atoms with van der Waals surface area (Å²) in [6, 6.07) is 3.34. The van der Waals surface area contributed by atoms with Gasteiger partial charge >= 0.3 is 0 Å². The molecule has 0 saturated heterocycles. The number of rotatable bonds is 2. The summed E-state index contributed by atoms with van der Waals surface area (Å²) in [5.41, 5.74) is 2.03. The molecule has 2 aromatic heterocycles. The molecule has 0 bridgehead atoms. The van der Waals surface area contributed by atoms with E-state index in [1.807, 2.05) is 34.6 Å². The standard InChI is InChI=1S/C15H18ClN3OS/c1-8-9(2)21-14(17-8)19-13(20)10-6-11(15(3,4)5)18-12(16)7-10/h6-7H,1-5H3,(H,17,19,20). The Hall–Kier alpha value is -1.46. The van der Waals surface area contributed by atoms with Gasteiger partial charge in [0.1, 0.15) is 5.15 Å². The van der Waals surface area contributed by atoms with Crippen LogP contribution in [-0.2, 0) is 5.41 Å². The molecule has 0 aromatic carbocycles. The van der Waals surface area contributed by atoms with Gasteiger partial charge in [0, 0.05) is 21.5 Å². The van der Waals surface area contributed by atoms with Crippen LogP contribution in [0.5, 0.6) is 0 Å². The average Bonchev–Trinajstić information content (AvgIpc) is 2.66. The van der Waals surface area contributed by atoms with E-state index < -0.39 is 0 Å². The van der Waals surface area contributed by atoms with E-state index in [-0.39, 0.29) is 11.3 Å². The second-order valence-electron chi connectivity index (χ2n) is 5.93. The predicted molar refractivity (Wildman–Crippen MR) is 87.5 cm³/mol. The Kier molecular flexibility index (Phi) is 4.35. The first kappa shape index (κ1) is 15.9. The molecule has 2 heterocycles. The minimum absolute atomic E-state index is 0.172. The van der Waals surface area contributed by atoms with Crippen molar-refractivity contribution in [2.75, 3.05) is 5.32 Å². The van der Waals surface area contributed by atoms with Crippen LogP contribution in [0, 0.1) is 13.8 Å². The number of carbonyl (C=O) groups is 1. The maximum Gasteiger partial charge on any atom is 0.257 e. The second-order valence-corrected chi connectivity index (χ2v) is 7.52. The summed E-state index contributed by atoms with van der Waals surface area (Å²) in [4.78, 5) is 22.0. The lowest BCUT2D eigenvalue weighted by atomic mass is 9.91. The topological polar surface area (TPSA) is 54.9 Å². The lowest BCUT2D eigenvalue weighted by molar-refractivity contribution is 0.102. The number of anilines is 1. The number of amides is 1. The number of aromatic nitrogens is 2. The van der Waals surface area contributed by atoms with E-state index in [4.69, 9.17) is 11.6 Å². The lowest BCUT2D eigenvalue weighted by Crippen LogP contribution is -2.17. The molecule has 0 aliphatic rings. The summed E-state index contributed by atoms with van der Waals surface area (Å²) in [5, 5.41) is 3.72. The molecule has 0 spiro atoms. The molecule has 1 N–H and O–H groups in total. The molecule has 21 heavy (non-hydrogen) atoms. The minimum atomic E-state index is -0.224. The lowest BCUT2D eigenvalue weighted by Gasteiger charge is -2.18. The van der Waals surface area contributed by atoms with Crippen molar-refractivity contribution in [2.24, 2.45) is 0 Å². The third-order valence-corrected chi connectivity index (χ3v) is 4.26. The van der Waals surface area contributed by atoms with Gasteiger partial charge in [-0.1, -0.05) is 32.4 Å². The molecular formula is C15H18ClN3OS. The van der Waals surface area contributed by atoms with Crippen molar-refractivity contribution in [3.8, 4) is 0 Å². The molecule has 6 heteroatoms. The number of hydrogen-bond donors (Lipinski definition) is 1. The number of thiazole rings is 1.